The number of likely N-dealkylation sites (tertiary alicyclic amines) is 1. The van der Waals surface area contributed by atoms with Gasteiger partial charge in [-0.25, -0.2) is 0 Å². The normalized spacial score (nSPS) is 18.6. The first kappa shape index (κ1) is 20.0. The molecule has 6 heteroatoms. The molecule has 29 heavy (non-hydrogen) atoms. The molecule has 1 unspecified atom stereocenters. The summed E-state index contributed by atoms with van der Waals surface area (Å²) in [5.74, 6) is 1.65. The van der Waals surface area contributed by atoms with Crippen LogP contribution >= 0.6 is 11.3 Å². The maximum Gasteiger partial charge on any atom is 0.223 e. The summed E-state index contributed by atoms with van der Waals surface area (Å²) in [6, 6.07) is 7.97. The van der Waals surface area contributed by atoms with Crippen LogP contribution in [-0.4, -0.2) is 36.3 Å². The number of aryl methyl sites for hydroxylation is 2. The maximum absolute atomic E-state index is 12.9. The summed E-state index contributed by atoms with van der Waals surface area (Å²) in [6.45, 7) is 6.02. The van der Waals surface area contributed by atoms with Crippen molar-refractivity contribution in [2.75, 3.05) is 19.8 Å². The van der Waals surface area contributed by atoms with Gasteiger partial charge in [0.15, 0.2) is 17.3 Å². The number of carbonyl (C=O) groups excluding carboxylic acids is 2. The zero-order valence-corrected chi connectivity index (χ0v) is 17.8. The van der Waals surface area contributed by atoms with Crippen molar-refractivity contribution in [1.82, 2.24) is 4.90 Å². The van der Waals surface area contributed by atoms with Gasteiger partial charge in [0.05, 0.1) is 19.3 Å². The van der Waals surface area contributed by atoms with Gasteiger partial charge in [0.25, 0.3) is 0 Å². The molecule has 0 aliphatic carbocycles. The van der Waals surface area contributed by atoms with Crippen LogP contribution in [0, 0.1) is 13.8 Å². The molecule has 0 bridgehead atoms. The highest BCUT2D eigenvalue weighted by Gasteiger charge is 2.31. The van der Waals surface area contributed by atoms with E-state index in [2.05, 4.69) is 0 Å². The number of rotatable bonds is 5. The van der Waals surface area contributed by atoms with Crippen molar-refractivity contribution in [3.63, 3.8) is 0 Å². The van der Waals surface area contributed by atoms with Crippen LogP contribution in [-0.2, 0) is 4.79 Å². The summed E-state index contributed by atoms with van der Waals surface area (Å²) in [7, 11) is 0. The number of ketones is 1. The predicted octanol–water partition coefficient (Wildman–Crippen LogP) is 4.85. The standard InChI is InChI=1S/C23H27NO4S/c1-15-13-18(16(2)29-15)20(25)7-9-23(26)24-10-3-5-19(24)17-6-8-21-22(14-17)28-12-4-11-27-21/h6,8,13-14,19H,3-5,7,9-12H2,1-2H3. The Morgan fingerprint density at radius 3 is 2.62 bits per heavy atom. The van der Waals surface area contributed by atoms with Gasteiger partial charge in [0.2, 0.25) is 5.91 Å². The van der Waals surface area contributed by atoms with Crippen molar-refractivity contribution in [3.05, 3.63) is 45.1 Å². The van der Waals surface area contributed by atoms with Crippen LogP contribution in [0.2, 0.25) is 0 Å². The van der Waals surface area contributed by atoms with Crippen molar-refractivity contribution in [1.29, 1.82) is 0 Å². The van der Waals surface area contributed by atoms with E-state index in [1.807, 2.05) is 43.0 Å². The van der Waals surface area contributed by atoms with Crippen molar-refractivity contribution >= 4 is 23.0 Å². The number of nitrogens with zero attached hydrogens (tertiary/aromatic N) is 1. The number of carbonyl (C=O) groups is 2. The molecule has 1 atom stereocenters. The Morgan fingerprint density at radius 2 is 1.86 bits per heavy atom. The Kier molecular flexibility index (Phi) is 5.90. The molecule has 2 aromatic rings. The van der Waals surface area contributed by atoms with Crippen molar-refractivity contribution < 1.29 is 19.1 Å². The average molecular weight is 414 g/mol. The highest BCUT2D eigenvalue weighted by Crippen LogP contribution is 2.38. The van der Waals surface area contributed by atoms with Gasteiger partial charge in [0.1, 0.15) is 0 Å². The molecule has 0 saturated carbocycles. The fourth-order valence-electron chi connectivity index (χ4n) is 4.21. The molecule has 0 radical (unpaired) electrons. The summed E-state index contributed by atoms with van der Waals surface area (Å²) < 4.78 is 11.5. The molecule has 1 aromatic heterocycles. The van der Waals surface area contributed by atoms with Crippen LogP contribution in [0.15, 0.2) is 24.3 Å². The molecule has 4 rings (SSSR count). The number of thiophene rings is 1. The lowest BCUT2D eigenvalue weighted by Gasteiger charge is -2.25. The number of fused-ring (bicyclic) bond motifs is 1. The average Bonchev–Trinajstić information content (AvgIpc) is 3.25. The first-order chi connectivity index (χ1) is 14.0. The Morgan fingerprint density at radius 1 is 1.07 bits per heavy atom. The van der Waals surface area contributed by atoms with Gasteiger partial charge in [0, 0.05) is 41.1 Å². The molecule has 2 aliphatic rings. The first-order valence-corrected chi connectivity index (χ1v) is 11.1. The number of amides is 1. The molecular formula is C23H27NO4S. The third kappa shape index (κ3) is 4.32. The van der Waals surface area contributed by atoms with Gasteiger partial charge < -0.3 is 14.4 Å². The summed E-state index contributed by atoms with van der Waals surface area (Å²) >= 11 is 1.63. The van der Waals surface area contributed by atoms with Gasteiger partial charge in [-0.3, -0.25) is 9.59 Å². The Balaban J connectivity index is 1.43. The fourth-order valence-corrected chi connectivity index (χ4v) is 5.15. The van der Waals surface area contributed by atoms with E-state index in [-0.39, 0.29) is 30.6 Å². The van der Waals surface area contributed by atoms with Crippen LogP contribution < -0.4 is 9.47 Å². The quantitative estimate of drug-likeness (QED) is 0.658. The predicted molar refractivity (Wildman–Crippen MR) is 113 cm³/mol. The highest BCUT2D eigenvalue weighted by molar-refractivity contribution is 7.12. The van der Waals surface area contributed by atoms with Crippen molar-refractivity contribution in [2.45, 2.75) is 52.0 Å². The molecule has 0 N–H and O–H groups in total. The number of hydrogen-bond acceptors (Lipinski definition) is 5. The maximum atomic E-state index is 12.9. The van der Waals surface area contributed by atoms with Gasteiger partial charge in [-0.1, -0.05) is 6.07 Å². The number of benzene rings is 1. The monoisotopic (exact) mass is 413 g/mol. The molecule has 0 spiro atoms. The lowest BCUT2D eigenvalue weighted by Crippen LogP contribution is -2.30. The molecular weight excluding hydrogens is 386 g/mol. The topological polar surface area (TPSA) is 55.8 Å². The minimum atomic E-state index is 0.0416. The second-order valence-corrected chi connectivity index (χ2v) is 9.21. The molecule has 3 heterocycles. The van der Waals surface area contributed by atoms with Gasteiger partial charge in [-0.2, -0.15) is 0 Å². The molecule has 1 amide bonds. The summed E-state index contributed by atoms with van der Waals surface area (Å²) in [5.41, 5.74) is 1.84. The second-order valence-electron chi connectivity index (χ2n) is 7.75. The summed E-state index contributed by atoms with van der Waals surface area (Å²) in [4.78, 5) is 29.6. The van der Waals surface area contributed by atoms with Crippen LogP contribution in [0.25, 0.3) is 0 Å². The molecule has 1 fully saturated rings. The second kappa shape index (κ2) is 8.57. The zero-order chi connectivity index (χ0) is 20.4. The minimum absolute atomic E-state index is 0.0416. The van der Waals surface area contributed by atoms with Crippen LogP contribution in [0.3, 0.4) is 0 Å². The van der Waals surface area contributed by atoms with Crippen LogP contribution in [0.4, 0.5) is 0 Å². The van der Waals surface area contributed by atoms with E-state index in [1.54, 1.807) is 11.3 Å². The van der Waals surface area contributed by atoms with E-state index >= 15 is 0 Å². The highest BCUT2D eigenvalue weighted by atomic mass is 32.1. The van der Waals surface area contributed by atoms with E-state index in [0.717, 1.165) is 58.2 Å². The number of Topliss-reactive ketones (excluding diaryl/α,β-unsaturated/α-hetero) is 1. The lowest BCUT2D eigenvalue weighted by atomic mass is 10.0. The van der Waals surface area contributed by atoms with Gasteiger partial charge in [-0.15, -0.1) is 11.3 Å². The minimum Gasteiger partial charge on any atom is -0.490 e. The van der Waals surface area contributed by atoms with Crippen molar-refractivity contribution in [2.24, 2.45) is 0 Å². The third-order valence-corrected chi connectivity index (χ3v) is 6.60. The molecule has 5 nitrogen and oxygen atoms in total. The van der Waals surface area contributed by atoms with E-state index in [1.165, 1.54) is 0 Å². The van der Waals surface area contributed by atoms with Crippen LogP contribution in [0.5, 0.6) is 11.5 Å². The van der Waals surface area contributed by atoms with Crippen LogP contribution in [0.1, 0.15) is 63.8 Å². The van der Waals surface area contributed by atoms with E-state index in [4.69, 9.17) is 9.47 Å². The van der Waals surface area contributed by atoms with E-state index in [9.17, 15) is 9.59 Å². The Bertz CT molecular complexity index is 920. The fraction of sp³-hybridized carbons (Fsp3) is 0.478. The van der Waals surface area contributed by atoms with Crippen molar-refractivity contribution in [3.8, 4) is 11.5 Å². The number of hydrogen-bond donors (Lipinski definition) is 0. The summed E-state index contributed by atoms with van der Waals surface area (Å²) in [5, 5.41) is 0. The lowest BCUT2D eigenvalue weighted by molar-refractivity contribution is -0.132. The van der Waals surface area contributed by atoms with E-state index < -0.39 is 0 Å². The third-order valence-electron chi connectivity index (χ3n) is 5.64. The SMILES string of the molecule is Cc1cc(C(=O)CCC(=O)N2CCCC2c2ccc3c(c2)OCCCO3)c(C)s1. The zero-order valence-electron chi connectivity index (χ0n) is 17.0. The smallest absolute Gasteiger partial charge is 0.223 e. The molecule has 2 aliphatic heterocycles. The van der Waals surface area contributed by atoms with Gasteiger partial charge >= 0.3 is 0 Å². The largest absolute Gasteiger partial charge is 0.490 e. The Labute approximate surface area is 175 Å². The molecule has 154 valence electrons. The number of ether oxygens (including phenoxy) is 2. The van der Waals surface area contributed by atoms with E-state index in [0.29, 0.717) is 13.2 Å². The van der Waals surface area contributed by atoms with Gasteiger partial charge in [-0.05, 0) is 50.5 Å². The molecule has 1 aromatic carbocycles. The summed E-state index contributed by atoms with van der Waals surface area (Å²) in [6.07, 6.45) is 3.30. The Hall–Kier alpha value is -2.34. The molecule has 1 saturated heterocycles. The first-order valence-electron chi connectivity index (χ1n) is 10.3.